The van der Waals surface area contributed by atoms with Crippen LogP contribution in [0.5, 0.6) is 0 Å². The van der Waals surface area contributed by atoms with Gasteiger partial charge in [0.25, 0.3) is 0 Å². The van der Waals surface area contributed by atoms with Crippen molar-refractivity contribution in [3.05, 3.63) is 30.6 Å². The predicted molar refractivity (Wildman–Crippen MR) is 85.6 cm³/mol. The molecule has 0 bridgehead atoms. The molecule has 2 aromatic heterocycles. The highest BCUT2D eigenvalue weighted by Gasteiger charge is 2.14. The molecule has 0 aliphatic heterocycles. The number of benzene rings is 1. The molecule has 3 aromatic rings. The zero-order valence-electron chi connectivity index (χ0n) is 12.6. The molecule has 0 aliphatic carbocycles. The fourth-order valence-corrected chi connectivity index (χ4v) is 2.38. The Kier molecular flexibility index (Phi) is 3.75. The molecule has 110 valence electrons. The number of fused-ring (bicyclic) bond motifs is 3. The van der Waals surface area contributed by atoms with Crippen LogP contribution in [-0.2, 0) is 0 Å². The fraction of sp³-hybridized carbons (Fsp3) is 0.375. The minimum Gasteiger partial charge on any atom is -0.450 e. The summed E-state index contributed by atoms with van der Waals surface area (Å²) in [6.07, 6.45) is 2.63. The Morgan fingerprint density at radius 3 is 2.86 bits per heavy atom. The molecule has 1 unspecified atom stereocenters. The number of hydrogen-bond donors (Lipinski definition) is 1. The first-order valence-corrected chi connectivity index (χ1v) is 7.18. The van der Waals surface area contributed by atoms with E-state index in [4.69, 9.17) is 4.42 Å². The number of nitrogens with zero attached hydrogens (tertiary/aromatic N) is 3. The van der Waals surface area contributed by atoms with Crippen molar-refractivity contribution in [3.63, 3.8) is 0 Å². The van der Waals surface area contributed by atoms with E-state index in [9.17, 15) is 0 Å². The highest BCUT2D eigenvalue weighted by Crippen LogP contribution is 2.30. The molecule has 5 nitrogen and oxygen atoms in total. The van der Waals surface area contributed by atoms with Gasteiger partial charge in [-0.05, 0) is 46.1 Å². The average molecular weight is 284 g/mol. The molecule has 2 heterocycles. The van der Waals surface area contributed by atoms with Gasteiger partial charge in [-0.3, -0.25) is 0 Å². The molecule has 0 spiro atoms. The minimum atomic E-state index is 0.318. The van der Waals surface area contributed by atoms with Crippen LogP contribution in [0.25, 0.3) is 22.1 Å². The summed E-state index contributed by atoms with van der Waals surface area (Å²) in [4.78, 5) is 10.9. The van der Waals surface area contributed by atoms with Gasteiger partial charge in [0.05, 0.1) is 0 Å². The van der Waals surface area contributed by atoms with Gasteiger partial charge in [-0.15, -0.1) is 0 Å². The molecular weight excluding hydrogens is 264 g/mol. The summed E-state index contributed by atoms with van der Waals surface area (Å²) in [6, 6.07) is 8.25. The summed E-state index contributed by atoms with van der Waals surface area (Å²) in [5.41, 5.74) is 2.44. The summed E-state index contributed by atoms with van der Waals surface area (Å²) in [5.74, 6) is 0.766. The first kappa shape index (κ1) is 13.8. The second kappa shape index (κ2) is 5.69. The summed E-state index contributed by atoms with van der Waals surface area (Å²) in [5, 5.41) is 4.46. The van der Waals surface area contributed by atoms with E-state index in [0.29, 0.717) is 6.04 Å². The zero-order valence-corrected chi connectivity index (χ0v) is 12.6. The molecule has 1 aromatic carbocycles. The van der Waals surface area contributed by atoms with Crippen molar-refractivity contribution < 1.29 is 4.42 Å². The number of rotatable bonds is 5. The number of nitrogens with one attached hydrogen (secondary N) is 1. The molecule has 5 heteroatoms. The van der Waals surface area contributed by atoms with Crippen molar-refractivity contribution in [2.75, 3.05) is 26.0 Å². The van der Waals surface area contributed by atoms with E-state index >= 15 is 0 Å². The lowest BCUT2D eigenvalue weighted by atomic mass is 10.2. The molecule has 3 rings (SSSR count). The van der Waals surface area contributed by atoms with Gasteiger partial charge in [0.1, 0.15) is 17.4 Å². The Bertz CT molecular complexity index is 750. The van der Waals surface area contributed by atoms with Crippen molar-refractivity contribution >= 4 is 27.9 Å². The third kappa shape index (κ3) is 2.83. The first-order valence-electron chi connectivity index (χ1n) is 7.18. The van der Waals surface area contributed by atoms with Crippen LogP contribution >= 0.6 is 0 Å². The molecule has 0 fully saturated rings. The van der Waals surface area contributed by atoms with Crippen LogP contribution in [0.3, 0.4) is 0 Å². The number of hydrogen-bond acceptors (Lipinski definition) is 5. The molecule has 0 radical (unpaired) electrons. The van der Waals surface area contributed by atoms with Crippen LogP contribution in [0.1, 0.15) is 13.3 Å². The molecule has 21 heavy (non-hydrogen) atoms. The summed E-state index contributed by atoms with van der Waals surface area (Å²) in [6.45, 7) is 3.18. The van der Waals surface area contributed by atoms with E-state index in [1.807, 2.05) is 24.3 Å². The lowest BCUT2D eigenvalue weighted by Gasteiger charge is -2.16. The van der Waals surface area contributed by atoms with E-state index in [-0.39, 0.29) is 0 Å². The zero-order chi connectivity index (χ0) is 14.8. The lowest BCUT2D eigenvalue weighted by molar-refractivity contribution is 0.390. The average Bonchev–Trinajstić information content (AvgIpc) is 2.85. The maximum Gasteiger partial charge on any atom is 0.196 e. The third-order valence-corrected chi connectivity index (χ3v) is 3.55. The van der Waals surface area contributed by atoms with Gasteiger partial charge in [0, 0.05) is 11.4 Å². The Labute approximate surface area is 124 Å². The predicted octanol–water partition coefficient (Wildman–Crippen LogP) is 3.13. The third-order valence-electron chi connectivity index (χ3n) is 3.55. The Morgan fingerprint density at radius 2 is 2.05 bits per heavy atom. The smallest absolute Gasteiger partial charge is 0.196 e. The van der Waals surface area contributed by atoms with Gasteiger partial charge < -0.3 is 14.6 Å². The van der Waals surface area contributed by atoms with Crippen LogP contribution in [-0.4, -0.2) is 41.5 Å². The van der Waals surface area contributed by atoms with E-state index < -0.39 is 0 Å². The van der Waals surface area contributed by atoms with Gasteiger partial charge in [0.15, 0.2) is 11.4 Å². The van der Waals surface area contributed by atoms with Crippen molar-refractivity contribution in [1.29, 1.82) is 0 Å². The van der Waals surface area contributed by atoms with Crippen molar-refractivity contribution in [2.45, 2.75) is 19.4 Å². The van der Waals surface area contributed by atoms with E-state index in [0.717, 1.165) is 40.9 Å². The topological polar surface area (TPSA) is 54.2 Å². The maximum absolute atomic E-state index is 5.91. The van der Waals surface area contributed by atoms with Gasteiger partial charge >= 0.3 is 0 Å². The molecule has 0 saturated heterocycles. The summed E-state index contributed by atoms with van der Waals surface area (Å²) < 4.78 is 5.91. The van der Waals surface area contributed by atoms with Crippen LogP contribution in [0.15, 0.2) is 35.0 Å². The summed E-state index contributed by atoms with van der Waals surface area (Å²) >= 11 is 0. The first-order chi connectivity index (χ1) is 10.1. The van der Waals surface area contributed by atoms with Gasteiger partial charge in [-0.2, -0.15) is 0 Å². The molecule has 1 atom stereocenters. The standard InChI is InChI=1S/C16H20N4O/c1-11(8-9-20(2)3)19-16-15-14(17-10-18-16)12-6-4-5-7-13(12)21-15/h4-7,10-11H,8-9H2,1-3H3,(H,17,18,19). The van der Waals surface area contributed by atoms with Crippen LogP contribution in [0.2, 0.25) is 0 Å². The lowest BCUT2D eigenvalue weighted by Crippen LogP contribution is -2.23. The molecule has 0 saturated carbocycles. The molecule has 0 amide bonds. The van der Waals surface area contributed by atoms with Crippen molar-refractivity contribution in [1.82, 2.24) is 14.9 Å². The van der Waals surface area contributed by atoms with E-state index in [1.165, 1.54) is 0 Å². The Morgan fingerprint density at radius 1 is 1.24 bits per heavy atom. The van der Waals surface area contributed by atoms with Crippen molar-refractivity contribution in [2.24, 2.45) is 0 Å². The Hall–Kier alpha value is -2.14. The minimum absolute atomic E-state index is 0.318. The van der Waals surface area contributed by atoms with E-state index in [1.54, 1.807) is 6.33 Å². The maximum atomic E-state index is 5.91. The second-order valence-electron chi connectivity index (χ2n) is 5.64. The fourth-order valence-electron chi connectivity index (χ4n) is 2.38. The van der Waals surface area contributed by atoms with Gasteiger partial charge in [-0.25, -0.2) is 9.97 Å². The Balaban J connectivity index is 1.92. The highest BCUT2D eigenvalue weighted by atomic mass is 16.3. The summed E-state index contributed by atoms with van der Waals surface area (Å²) in [7, 11) is 4.16. The number of anilines is 1. The molecule has 1 N–H and O–H groups in total. The van der Waals surface area contributed by atoms with E-state index in [2.05, 4.69) is 41.2 Å². The monoisotopic (exact) mass is 284 g/mol. The molecular formula is C16H20N4O. The van der Waals surface area contributed by atoms with Crippen LogP contribution in [0, 0.1) is 0 Å². The largest absolute Gasteiger partial charge is 0.450 e. The van der Waals surface area contributed by atoms with Crippen molar-refractivity contribution in [3.8, 4) is 0 Å². The SMILES string of the molecule is CC(CCN(C)C)Nc1ncnc2c1oc1ccccc12. The second-order valence-corrected chi connectivity index (χ2v) is 5.64. The highest BCUT2D eigenvalue weighted by molar-refractivity contribution is 6.05. The van der Waals surface area contributed by atoms with Crippen LogP contribution in [0.4, 0.5) is 5.82 Å². The van der Waals surface area contributed by atoms with Crippen LogP contribution < -0.4 is 5.32 Å². The number of furan rings is 1. The number of para-hydroxylation sites is 1. The molecule has 0 aliphatic rings. The van der Waals surface area contributed by atoms with Gasteiger partial charge in [-0.1, -0.05) is 12.1 Å². The quantitative estimate of drug-likeness (QED) is 0.780. The number of aromatic nitrogens is 2. The van der Waals surface area contributed by atoms with Gasteiger partial charge in [0.2, 0.25) is 0 Å². The normalized spacial score (nSPS) is 13.1.